The number of carbonyl (C=O) groups is 4. The lowest BCUT2D eigenvalue weighted by molar-refractivity contribution is 0.0380. The van der Waals surface area contributed by atoms with Gasteiger partial charge >= 0.3 is 23.9 Å². The van der Waals surface area contributed by atoms with Crippen LogP contribution in [0, 0.1) is 0 Å². The van der Waals surface area contributed by atoms with Crippen molar-refractivity contribution >= 4 is 46.9 Å². The van der Waals surface area contributed by atoms with E-state index >= 15 is 0 Å². The zero-order valence-corrected chi connectivity index (χ0v) is 18.1. The number of ether oxygens (including phenoxy) is 1. The smallest absolute Gasteiger partial charge is 0.366 e. The second-order valence-corrected chi connectivity index (χ2v) is 8.04. The van der Waals surface area contributed by atoms with Crippen LogP contribution in [0.5, 0.6) is 0 Å². The van der Waals surface area contributed by atoms with Crippen molar-refractivity contribution in [3.63, 3.8) is 0 Å². The average Bonchev–Trinajstić information content (AvgIpc) is 3.45. The van der Waals surface area contributed by atoms with E-state index in [2.05, 4.69) is 8.75 Å². The number of aromatic nitrogens is 2. The van der Waals surface area contributed by atoms with Gasteiger partial charge in [-0.2, -0.15) is 8.75 Å². The van der Waals surface area contributed by atoms with Gasteiger partial charge in [-0.25, -0.2) is 19.2 Å². The number of carboxylic acids is 2. The molecule has 0 aliphatic heterocycles. The third kappa shape index (κ3) is 4.27. The van der Waals surface area contributed by atoms with Crippen LogP contribution in [0.1, 0.15) is 41.7 Å². The van der Waals surface area contributed by atoms with Gasteiger partial charge in [0.1, 0.15) is 11.1 Å². The molecule has 164 valence electrons. The van der Waals surface area contributed by atoms with Crippen molar-refractivity contribution in [3.05, 3.63) is 83.2 Å². The average molecular weight is 480 g/mol. The summed E-state index contributed by atoms with van der Waals surface area (Å²) in [5.74, 6) is -5.48. The largest absolute Gasteiger partial charge is 0.478 e. The highest BCUT2D eigenvalue weighted by Crippen LogP contribution is 2.33. The molecule has 0 fully saturated rings. The summed E-state index contributed by atoms with van der Waals surface area (Å²) in [5, 5.41) is 19.3. The van der Waals surface area contributed by atoms with Crippen LogP contribution in [0.4, 0.5) is 0 Å². The molecule has 0 amide bonds. The fraction of sp³-hybridized carbons (Fsp3) is 0. The summed E-state index contributed by atoms with van der Waals surface area (Å²) in [6.45, 7) is 0. The van der Waals surface area contributed by atoms with Crippen molar-refractivity contribution in [1.82, 2.24) is 8.75 Å². The fourth-order valence-electron chi connectivity index (χ4n) is 3.01. The summed E-state index contributed by atoms with van der Waals surface area (Å²) in [6, 6.07) is 16.9. The normalized spacial score (nSPS) is 10.5. The number of esters is 2. The lowest BCUT2D eigenvalue weighted by atomic mass is 10.1. The van der Waals surface area contributed by atoms with Crippen LogP contribution in [-0.2, 0) is 4.74 Å². The predicted octanol–water partition coefficient (Wildman–Crippen LogP) is 4.33. The number of carbonyl (C=O) groups excluding carboxylic acids is 2. The third-order valence-electron chi connectivity index (χ3n) is 4.46. The van der Waals surface area contributed by atoms with Gasteiger partial charge in [0.25, 0.3) is 0 Å². The molecule has 0 saturated carbocycles. The summed E-state index contributed by atoms with van der Waals surface area (Å²) in [5.41, 5.74) is -0.891. The van der Waals surface area contributed by atoms with E-state index in [1.807, 2.05) is 0 Å². The molecule has 33 heavy (non-hydrogen) atoms. The molecule has 0 aliphatic carbocycles. The van der Waals surface area contributed by atoms with Crippen molar-refractivity contribution < 1.29 is 34.1 Å². The maximum absolute atomic E-state index is 12.6. The van der Waals surface area contributed by atoms with Crippen LogP contribution < -0.4 is 0 Å². The molecule has 2 heterocycles. The molecule has 2 aromatic carbocycles. The third-order valence-corrected chi connectivity index (χ3v) is 6.25. The van der Waals surface area contributed by atoms with E-state index in [1.54, 1.807) is 60.7 Å². The van der Waals surface area contributed by atoms with Crippen LogP contribution in [0.15, 0.2) is 60.7 Å². The summed E-state index contributed by atoms with van der Waals surface area (Å²) in [7, 11) is 0. The van der Waals surface area contributed by atoms with E-state index in [0.29, 0.717) is 11.1 Å². The molecule has 0 spiro atoms. The summed E-state index contributed by atoms with van der Waals surface area (Å²) in [6.07, 6.45) is 0. The van der Waals surface area contributed by atoms with Crippen molar-refractivity contribution in [1.29, 1.82) is 0 Å². The number of rotatable bonds is 6. The van der Waals surface area contributed by atoms with E-state index in [9.17, 15) is 29.4 Å². The first kappa shape index (κ1) is 22.0. The van der Waals surface area contributed by atoms with Gasteiger partial charge in [0.15, 0.2) is 11.4 Å². The van der Waals surface area contributed by atoms with Crippen LogP contribution in [0.3, 0.4) is 0 Å². The Bertz CT molecular complexity index is 1270. The second kappa shape index (κ2) is 9.10. The van der Waals surface area contributed by atoms with Crippen LogP contribution in [0.25, 0.3) is 20.9 Å². The Morgan fingerprint density at radius 2 is 1.00 bits per heavy atom. The van der Waals surface area contributed by atoms with Gasteiger partial charge in [-0.1, -0.05) is 60.7 Å². The Morgan fingerprint density at radius 1 is 0.636 bits per heavy atom. The van der Waals surface area contributed by atoms with Gasteiger partial charge < -0.3 is 14.9 Å². The number of carboxylic acid groups (broad SMARTS) is 2. The van der Waals surface area contributed by atoms with Crippen molar-refractivity contribution in [3.8, 4) is 20.9 Å². The Hall–Kier alpha value is -4.22. The first-order chi connectivity index (χ1) is 15.9. The van der Waals surface area contributed by atoms with Gasteiger partial charge in [-0.3, -0.25) is 0 Å². The number of hydrogen-bond donors (Lipinski definition) is 2. The van der Waals surface area contributed by atoms with E-state index < -0.39 is 46.4 Å². The molecule has 0 radical (unpaired) electrons. The van der Waals surface area contributed by atoms with Crippen molar-refractivity contribution in [2.75, 3.05) is 0 Å². The van der Waals surface area contributed by atoms with Crippen LogP contribution >= 0.6 is 23.1 Å². The molecule has 2 N–H and O–H groups in total. The fourth-order valence-corrected chi connectivity index (χ4v) is 4.74. The standard InChI is InChI=1S/C22H12N2O7S2/c25-19(26)13-15(23-32-17(13)11-7-3-1-4-8-11)21(29)31-22(30)16-14(20(27)28)18(33-24-16)12-9-5-2-6-10-12/h1-10H,(H,25,26)(H,27,28). The lowest BCUT2D eigenvalue weighted by Gasteiger charge is -2.03. The summed E-state index contributed by atoms with van der Waals surface area (Å²) < 4.78 is 12.5. The van der Waals surface area contributed by atoms with Crippen LogP contribution in [0.2, 0.25) is 0 Å². The van der Waals surface area contributed by atoms with Crippen molar-refractivity contribution in [2.45, 2.75) is 0 Å². The molecule has 2 aromatic heterocycles. The van der Waals surface area contributed by atoms with E-state index in [-0.39, 0.29) is 9.75 Å². The summed E-state index contributed by atoms with van der Waals surface area (Å²) in [4.78, 5) is 49.3. The minimum atomic E-state index is -1.42. The minimum absolute atomic E-state index is 0.216. The van der Waals surface area contributed by atoms with Crippen LogP contribution in [-0.4, -0.2) is 42.8 Å². The molecular formula is C22H12N2O7S2. The van der Waals surface area contributed by atoms with Gasteiger partial charge in [0, 0.05) is 0 Å². The number of nitrogens with zero attached hydrogens (tertiary/aromatic N) is 2. The second-order valence-electron chi connectivity index (χ2n) is 6.49. The monoisotopic (exact) mass is 480 g/mol. The molecule has 4 aromatic rings. The van der Waals surface area contributed by atoms with Gasteiger partial charge in [-0.05, 0) is 34.2 Å². The number of aromatic carboxylic acids is 2. The topological polar surface area (TPSA) is 144 Å². The van der Waals surface area contributed by atoms with E-state index in [1.165, 1.54) is 0 Å². The van der Waals surface area contributed by atoms with E-state index in [4.69, 9.17) is 4.74 Å². The zero-order valence-electron chi connectivity index (χ0n) is 16.4. The van der Waals surface area contributed by atoms with Crippen molar-refractivity contribution in [2.24, 2.45) is 0 Å². The minimum Gasteiger partial charge on any atom is -0.478 e. The first-order valence-electron chi connectivity index (χ1n) is 9.21. The Labute approximate surface area is 193 Å². The zero-order chi connectivity index (χ0) is 23.5. The SMILES string of the molecule is O=C(OC(=O)c1nsc(-c2ccccc2)c1C(=O)O)c1nsc(-c2ccccc2)c1C(=O)O. The maximum Gasteiger partial charge on any atom is 0.366 e. The number of hydrogen-bond acceptors (Lipinski definition) is 9. The maximum atomic E-state index is 12.6. The molecule has 0 unspecified atom stereocenters. The molecule has 11 heteroatoms. The molecule has 0 saturated heterocycles. The molecule has 9 nitrogen and oxygen atoms in total. The quantitative estimate of drug-likeness (QED) is 0.304. The predicted molar refractivity (Wildman–Crippen MR) is 119 cm³/mol. The highest BCUT2D eigenvalue weighted by atomic mass is 32.1. The van der Waals surface area contributed by atoms with Gasteiger partial charge in [0.2, 0.25) is 0 Å². The Kier molecular flexibility index (Phi) is 6.07. The van der Waals surface area contributed by atoms with Gasteiger partial charge in [-0.15, -0.1) is 0 Å². The highest BCUT2D eigenvalue weighted by Gasteiger charge is 2.32. The highest BCUT2D eigenvalue weighted by molar-refractivity contribution is 7.10. The number of benzene rings is 2. The molecule has 0 aliphatic rings. The first-order valence-corrected chi connectivity index (χ1v) is 10.8. The molecule has 0 bridgehead atoms. The Balaban J connectivity index is 1.66. The van der Waals surface area contributed by atoms with Gasteiger partial charge in [0.05, 0.1) is 9.75 Å². The summed E-state index contributed by atoms with van der Waals surface area (Å²) >= 11 is 1.54. The molecule has 4 rings (SSSR count). The Morgan fingerprint density at radius 3 is 1.33 bits per heavy atom. The molecule has 0 atom stereocenters. The molecular weight excluding hydrogens is 468 g/mol. The lowest BCUT2D eigenvalue weighted by Crippen LogP contribution is -2.18. The van der Waals surface area contributed by atoms with E-state index in [0.717, 1.165) is 23.1 Å².